The largest absolute Gasteiger partial charge is 0.311 e. The number of fused-ring (bicyclic) bond motifs is 1. The number of hydrogen-bond acceptors (Lipinski definition) is 3. The minimum atomic E-state index is 1.13. The monoisotopic (exact) mass is 893 g/mol. The topological polar surface area (TPSA) is 9.72 Å². The predicted molar refractivity (Wildman–Crippen MR) is 297 cm³/mol. The van der Waals surface area contributed by atoms with Gasteiger partial charge in [-0.3, -0.25) is 0 Å². The highest BCUT2D eigenvalue weighted by Gasteiger charge is 2.18. The van der Waals surface area contributed by atoms with Crippen LogP contribution in [0.4, 0.5) is 51.2 Å². The zero-order valence-corrected chi connectivity index (χ0v) is 40.2. The van der Waals surface area contributed by atoms with Crippen molar-refractivity contribution in [3.63, 3.8) is 0 Å². The lowest BCUT2D eigenvalue weighted by molar-refractivity contribution is 0.685. The van der Waals surface area contributed by atoms with Crippen LogP contribution in [0, 0.1) is 27.7 Å². The van der Waals surface area contributed by atoms with E-state index in [4.69, 9.17) is 0 Å². The maximum Gasteiger partial charge on any atom is 0.0464 e. The third-order valence-corrected chi connectivity index (χ3v) is 13.3. The zero-order valence-electron chi connectivity index (χ0n) is 40.2. The number of anilines is 9. The first-order chi connectivity index (χ1) is 33.8. The van der Waals surface area contributed by atoms with Crippen LogP contribution in [0.25, 0.3) is 24.3 Å². The molecule has 338 valence electrons. The summed E-state index contributed by atoms with van der Waals surface area (Å²) in [6, 6.07) is 77.6. The van der Waals surface area contributed by atoms with E-state index in [-0.39, 0.29) is 0 Å². The fourth-order valence-electron chi connectivity index (χ4n) is 9.30. The summed E-state index contributed by atoms with van der Waals surface area (Å²) in [6.45, 7) is 8.52. The summed E-state index contributed by atoms with van der Waals surface area (Å²) in [4.78, 5) is 7.03. The van der Waals surface area contributed by atoms with Gasteiger partial charge in [0.2, 0.25) is 0 Å². The summed E-state index contributed by atoms with van der Waals surface area (Å²) in [7, 11) is 0. The number of rotatable bonds is 13. The third-order valence-electron chi connectivity index (χ3n) is 13.3. The van der Waals surface area contributed by atoms with Crippen LogP contribution in [0.15, 0.2) is 212 Å². The lowest BCUT2D eigenvalue weighted by atomic mass is 9.91. The first-order valence-corrected chi connectivity index (χ1v) is 24.3. The summed E-state index contributed by atoms with van der Waals surface area (Å²) in [5.74, 6) is 0. The molecule has 10 rings (SSSR count). The van der Waals surface area contributed by atoms with Crippen molar-refractivity contribution in [2.24, 2.45) is 0 Å². The van der Waals surface area contributed by atoms with Gasteiger partial charge in [0.15, 0.2) is 0 Å². The second-order valence-electron chi connectivity index (χ2n) is 18.5. The van der Waals surface area contributed by atoms with E-state index in [2.05, 4.69) is 279 Å². The van der Waals surface area contributed by atoms with Gasteiger partial charge in [0.1, 0.15) is 0 Å². The van der Waals surface area contributed by atoms with E-state index in [0.29, 0.717) is 0 Å². The highest BCUT2D eigenvalue weighted by Crippen LogP contribution is 2.39. The Labute approximate surface area is 409 Å². The molecule has 0 saturated carbocycles. The summed E-state index contributed by atoms with van der Waals surface area (Å²) in [5.41, 5.74) is 22.9. The smallest absolute Gasteiger partial charge is 0.0464 e. The van der Waals surface area contributed by atoms with Gasteiger partial charge >= 0.3 is 0 Å². The van der Waals surface area contributed by atoms with E-state index < -0.39 is 0 Å². The van der Waals surface area contributed by atoms with Gasteiger partial charge in [0.05, 0.1) is 0 Å². The number of benzene rings is 9. The molecule has 9 aromatic rings. The van der Waals surface area contributed by atoms with Gasteiger partial charge in [0.25, 0.3) is 0 Å². The second kappa shape index (κ2) is 20.4. The van der Waals surface area contributed by atoms with Crippen LogP contribution in [0.2, 0.25) is 0 Å². The maximum absolute atomic E-state index is 2.42. The van der Waals surface area contributed by atoms with Gasteiger partial charge in [-0.15, -0.1) is 0 Å². The molecule has 3 nitrogen and oxygen atoms in total. The molecule has 0 amide bonds. The SMILES string of the molecule is Cc1ccc(N(c2ccc(C)cc2)c2ccc(/C=C/c3ccc(N(c4ccc(/C=C/c5ccc(N(c6ccc(C)cc6)c6ccc(C)cc6)cc5)cc4)c4ccc5c(c4)CCCC5)cc3)cc2)cc1. The van der Waals surface area contributed by atoms with Crippen molar-refractivity contribution in [1.29, 1.82) is 0 Å². The Kier molecular flexibility index (Phi) is 13.2. The molecule has 69 heavy (non-hydrogen) atoms. The standard InChI is InChI=1S/C66H59N3/c1-48-9-30-58(31-10-48)67(59-32-11-49(2)12-33-59)62-38-21-52(22-39-62)17-19-54-25-42-64(43-26-54)69(66-46-29-56-7-5-6-8-57(56)47-66)65-44-27-55(28-45-65)20-18-53-23-40-63(41-24-53)68(60-34-13-50(3)14-35-60)61-36-15-51(4)16-37-61/h9-47H,5-8H2,1-4H3/b19-17+,20-18+. The summed E-state index contributed by atoms with van der Waals surface area (Å²) in [5, 5.41) is 0. The molecule has 0 fully saturated rings. The van der Waals surface area contributed by atoms with Crippen LogP contribution in [-0.4, -0.2) is 0 Å². The van der Waals surface area contributed by atoms with Gasteiger partial charge in [0, 0.05) is 51.2 Å². The summed E-state index contributed by atoms with van der Waals surface area (Å²) >= 11 is 0. The van der Waals surface area contributed by atoms with Crippen LogP contribution in [0.1, 0.15) is 68.5 Å². The van der Waals surface area contributed by atoms with Gasteiger partial charge in [-0.25, -0.2) is 0 Å². The minimum Gasteiger partial charge on any atom is -0.311 e. The van der Waals surface area contributed by atoms with Crippen LogP contribution in [0.5, 0.6) is 0 Å². The van der Waals surface area contributed by atoms with E-state index in [9.17, 15) is 0 Å². The zero-order chi connectivity index (χ0) is 47.1. The van der Waals surface area contributed by atoms with Crippen molar-refractivity contribution in [3.05, 3.63) is 268 Å². The van der Waals surface area contributed by atoms with Crippen molar-refractivity contribution < 1.29 is 0 Å². The van der Waals surface area contributed by atoms with Crippen molar-refractivity contribution in [3.8, 4) is 0 Å². The first-order valence-electron chi connectivity index (χ1n) is 24.3. The third kappa shape index (κ3) is 10.5. The van der Waals surface area contributed by atoms with Crippen LogP contribution >= 0.6 is 0 Å². The van der Waals surface area contributed by atoms with Crippen molar-refractivity contribution in [2.75, 3.05) is 14.7 Å². The van der Waals surface area contributed by atoms with Gasteiger partial charge in [-0.1, -0.05) is 150 Å². The molecule has 0 N–H and O–H groups in total. The average molecular weight is 894 g/mol. The summed E-state index contributed by atoms with van der Waals surface area (Å²) < 4.78 is 0. The molecule has 0 radical (unpaired) electrons. The molecule has 0 unspecified atom stereocenters. The molecule has 9 aromatic carbocycles. The minimum absolute atomic E-state index is 1.13. The number of nitrogens with zero attached hydrogens (tertiary/aromatic N) is 3. The molecular weight excluding hydrogens is 835 g/mol. The molecule has 0 atom stereocenters. The number of hydrogen-bond donors (Lipinski definition) is 0. The molecular formula is C66H59N3. The van der Waals surface area contributed by atoms with Crippen LogP contribution in [0.3, 0.4) is 0 Å². The van der Waals surface area contributed by atoms with E-state index in [0.717, 1.165) is 74.2 Å². The number of aryl methyl sites for hydroxylation is 6. The van der Waals surface area contributed by atoms with Gasteiger partial charge in [-0.05, 0) is 196 Å². The van der Waals surface area contributed by atoms with E-state index in [1.165, 1.54) is 58.3 Å². The Balaban J connectivity index is 0.870. The van der Waals surface area contributed by atoms with Crippen LogP contribution < -0.4 is 14.7 Å². The second-order valence-corrected chi connectivity index (χ2v) is 18.5. The highest BCUT2D eigenvalue weighted by molar-refractivity contribution is 5.82. The quantitative estimate of drug-likeness (QED) is 0.107. The predicted octanol–water partition coefficient (Wildman–Crippen LogP) is 18.5. The molecule has 3 heteroatoms. The first kappa shape index (κ1) is 44.7. The molecule has 0 aromatic heterocycles. The molecule has 0 spiro atoms. The van der Waals surface area contributed by atoms with Crippen molar-refractivity contribution >= 4 is 75.5 Å². The Hall–Kier alpha value is -8.14. The lowest BCUT2D eigenvalue weighted by Gasteiger charge is -2.27. The Morgan fingerprint density at radius 2 is 0.464 bits per heavy atom. The maximum atomic E-state index is 2.42. The van der Waals surface area contributed by atoms with Crippen molar-refractivity contribution in [2.45, 2.75) is 53.4 Å². The van der Waals surface area contributed by atoms with Gasteiger partial charge < -0.3 is 14.7 Å². The fraction of sp³-hybridized carbons (Fsp3) is 0.121. The van der Waals surface area contributed by atoms with Crippen LogP contribution in [-0.2, 0) is 12.8 Å². The molecule has 0 aliphatic heterocycles. The Bertz CT molecular complexity index is 2900. The molecule has 1 aliphatic carbocycles. The highest BCUT2D eigenvalue weighted by atomic mass is 15.2. The fourth-order valence-corrected chi connectivity index (χ4v) is 9.30. The molecule has 0 bridgehead atoms. The summed E-state index contributed by atoms with van der Waals surface area (Å²) in [6.07, 6.45) is 13.6. The Morgan fingerprint density at radius 3 is 0.739 bits per heavy atom. The lowest BCUT2D eigenvalue weighted by Crippen LogP contribution is -2.12. The Morgan fingerprint density at radius 1 is 0.246 bits per heavy atom. The molecule has 1 aliphatic rings. The molecule has 0 heterocycles. The molecule has 0 saturated heterocycles. The van der Waals surface area contributed by atoms with E-state index in [1.54, 1.807) is 0 Å². The van der Waals surface area contributed by atoms with E-state index >= 15 is 0 Å². The normalized spacial score (nSPS) is 12.3. The van der Waals surface area contributed by atoms with Gasteiger partial charge in [-0.2, -0.15) is 0 Å². The van der Waals surface area contributed by atoms with Crippen molar-refractivity contribution in [1.82, 2.24) is 0 Å². The van der Waals surface area contributed by atoms with E-state index in [1.807, 2.05) is 0 Å². The average Bonchev–Trinajstić information content (AvgIpc) is 3.39.